The van der Waals surface area contributed by atoms with Gasteiger partial charge >= 0.3 is 0 Å². The Bertz CT molecular complexity index is 7620. The third-order valence-electron chi connectivity index (χ3n) is 32.1. The van der Waals surface area contributed by atoms with Gasteiger partial charge in [-0.2, -0.15) is 0 Å². The average Bonchev–Trinajstić information content (AvgIpc) is 1.61. The molecule has 0 atom stereocenters. The minimum Gasteiger partial charge on any atom is -0.256 e. The summed E-state index contributed by atoms with van der Waals surface area (Å²) in [6.45, 7) is 67.4. The van der Waals surface area contributed by atoms with Crippen molar-refractivity contribution in [1.29, 1.82) is 0 Å². The number of hydrogen-bond acceptors (Lipinski definition) is 8. The largest absolute Gasteiger partial charge is 0.256 e. The molecule has 24 rings (SSSR count). The molecule has 8 heteroatoms. The van der Waals surface area contributed by atoms with E-state index in [1.54, 1.807) is 0 Å². The van der Waals surface area contributed by atoms with Crippen molar-refractivity contribution in [2.45, 2.75) is 266 Å². The van der Waals surface area contributed by atoms with E-state index in [4.69, 9.17) is 19.9 Å². The van der Waals surface area contributed by atoms with Crippen LogP contribution in [-0.4, -0.2) is 39.9 Å². The Morgan fingerprint density at radius 2 is 0.496 bits per heavy atom. The van der Waals surface area contributed by atoms with Crippen LogP contribution in [0.4, 0.5) is 0 Å². The van der Waals surface area contributed by atoms with Crippen LogP contribution in [0.3, 0.4) is 0 Å². The average molecular weight is 1770 g/mol. The number of fused-ring (bicyclic) bond motifs is 24. The van der Waals surface area contributed by atoms with Gasteiger partial charge in [-0.25, -0.2) is 0 Å². The van der Waals surface area contributed by atoms with Crippen LogP contribution in [0, 0.1) is 215 Å². The number of aryl methyl sites for hydroxylation is 18. The highest BCUT2D eigenvalue weighted by Gasteiger charge is 2.33. The molecule has 0 bridgehead atoms. The molecule has 0 saturated carbocycles. The third kappa shape index (κ3) is 17.0. The molecule has 0 saturated heterocycles. The summed E-state index contributed by atoms with van der Waals surface area (Å²) >= 11 is 0. The van der Waals surface area contributed by atoms with Gasteiger partial charge in [-0.05, 0) is 443 Å². The summed E-state index contributed by atoms with van der Waals surface area (Å²) in [7, 11) is 0. The van der Waals surface area contributed by atoms with E-state index in [1.807, 2.05) is 24.8 Å². The smallest absolute Gasteiger partial charge is 0.0748 e. The molecule has 0 amide bonds. The van der Waals surface area contributed by atoms with Crippen molar-refractivity contribution < 1.29 is 0 Å². The van der Waals surface area contributed by atoms with E-state index in [-0.39, 0.29) is 0 Å². The molecule has 8 aromatic carbocycles. The molecular weight excluding hydrogens is 1640 g/mol. The molecule has 0 fully saturated rings. The van der Waals surface area contributed by atoms with Crippen molar-refractivity contribution >= 4 is 0 Å². The number of rotatable bonds is 0. The quantitative estimate of drug-likeness (QED) is 0.148. The summed E-state index contributed by atoms with van der Waals surface area (Å²) in [5.41, 5.74) is 84.9. The SMILES string of the molecule is Cc1cc(C)c2c(c1)Cc1c-2ncc(C)c1C.Cc1ccc2c(c1)-c1nc(C)c(C)c(C)c1C2.Cc1ccc2c(c1)Cc1c-2nc(C)c(C)c1C.Cc1cccc2c1-c1nc(C)c(C)c(C)c1C2.Cc1cccc2c1Cc1c-2nc(C)c(C)c1C.Cc1cnc2c(c1C)Cc1c(C)ccc(C)c1-2.Cc1cnc2c(c1C)Cc1c(C)cccc1-2.Cc1cnc2c(c1C)Cc1ccc(C)c(C)c1-2. The van der Waals surface area contributed by atoms with Crippen LogP contribution in [-0.2, 0) is 51.4 Å². The van der Waals surface area contributed by atoms with Crippen molar-refractivity contribution in [3.8, 4) is 90.1 Å². The molecule has 0 spiro atoms. The van der Waals surface area contributed by atoms with Crippen LogP contribution >= 0.6 is 0 Å². The molecule has 135 heavy (non-hydrogen) atoms. The predicted octanol–water partition coefficient (Wildman–Crippen LogP) is 30.8. The van der Waals surface area contributed by atoms with Gasteiger partial charge in [-0.1, -0.05) is 138 Å². The molecule has 8 heterocycles. The fraction of sp³-hybridized carbons (Fsp3) is 0.307. The topological polar surface area (TPSA) is 103 Å². The number of benzene rings is 8. The van der Waals surface area contributed by atoms with Crippen LogP contribution in [0.5, 0.6) is 0 Å². The van der Waals surface area contributed by atoms with Gasteiger partial charge in [0.05, 0.1) is 45.6 Å². The molecule has 8 nitrogen and oxygen atoms in total. The zero-order chi connectivity index (χ0) is 96.4. The molecular formula is C127H134N8. The first-order chi connectivity index (χ1) is 64.3. The van der Waals surface area contributed by atoms with Gasteiger partial charge in [0.1, 0.15) is 0 Å². The van der Waals surface area contributed by atoms with Crippen LogP contribution in [0.25, 0.3) is 90.1 Å². The summed E-state index contributed by atoms with van der Waals surface area (Å²) in [6.07, 6.45) is 16.4. The van der Waals surface area contributed by atoms with E-state index >= 15 is 0 Å². The molecule has 16 aromatic rings. The maximum absolute atomic E-state index is 4.82. The molecule has 682 valence electrons. The Balaban J connectivity index is 0.000000107. The molecule has 8 aromatic heterocycles. The first-order valence-corrected chi connectivity index (χ1v) is 48.7. The highest BCUT2D eigenvalue weighted by molar-refractivity contribution is 5.85. The third-order valence-corrected chi connectivity index (χ3v) is 32.1. The summed E-state index contributed by atoms with van der Waals surface area (Å²) < 4.78 is 0. The lowest BCUT2D eigenvalue weighted by molar-refractivity contribution is 1.08. The van der Waals surface area contributed by atoms with Gasteiger partial charge in [-0.3, -0.25) is 39.9 Å². The van der Waals surface area contributed by atoms with E-state index in [9.17, 15) is 0 Å². The molecule has 0 N–H and O–H groups in total. The van der Waals surface area contributed by atoms with Crippen LogP contribution in [0.15, 0.2) is 152 Å². The van der Waals surface area contributed by atoms with Crippen LogP contribution in [0.2, 0.25) is 0 Å². The Kier molecular flexibility index (Phi) is 25.7. The lowest BCUT2D eigenvalue weighted by Crippen LogP contribution is -1.98. The van der Waals surface area contributed by atoms with Crippen LogP contribution < -0.4 is 0 Å². The zero-order valence-corrected chi connectivity index (χ0v) is 86.2. The van der Waals surface area contributed by atoms with E-state index in [0.717, 1.165) is 74.1 Å². The molecule has 0 unspecified atom stereocenters. The fourth-order valence-corrected chi connectivity index (χ4v) is 22.0. The zero-order valence-electron chi connectivity index (χ0n) is 86.2. The van der Waals surface area contributed by atoms with E-state index in [0.29, 0.717) is 0 Å². The summed E-state index contributed by atoms with van der Waals surface area (Å²) in [5, 5.41) is 0. The second-order valence-electron chi connectivity index (χ2n) is 40.4. The maximum Gasteiger partial charge on any atom is 0.0748 e. The Hall–Kier alpha value is -13.0. The predicted molar refractivity (Wildman–Crippen MR) is 567 cm³/mol. The first-order valence-electron chi connectivity index (χ1n) is 48.7. The van der Waals surface area contributed by atoms with E-state index in [1.165, 1.54) is 329 Å². The normalized spacial score (nSPS) is 12.5. The summed E-state index contributed by atoms with van der Waals surface area (Å²) in [6, 6.07) is 46.5. The van der Waals surface area contributed by atoms with Gasteiger partial charge < -0.3 is 0 Å². The summed E-state index contributed by atoms with van der Waals surface area (Å²) in [5.74, 6) is 0. The number of hydrogen-bond donors (Lipinski definition) is 0. The van der Waals surface area contributed by atoms with Gasteiger partial charge in [-0.15, -0.1) is 0 Å². The fourth-order valence-electron chi connectivity index (χ4n) is 22.0. The van der Waals surface area contributed by atoms with Crippen molar-refractivity contribution in [3.63, 3.8) is 0 Å². The van der Waals surface area contributed by atoms with Crippen molar-refractivity contribution in [3.05, 3.63) is 414 Å². The summed E-state index contributed by atoms with van der Waals surface area (Å²) in [4.78, 5) is 37.8. The van der Waals surface area contributed by atoms with Crippen LogP contribution in [0.1, 0.15) is 262 Å². The monoisotopic (exact) mass is 1770 g/mol. The van der Waals surface area contributed by atoms with Gasteiger partial charge in [0.15, 0.2) is 0 Å². The highest BCUT2D eigenvalue weighted by atomic mass is 14.8. The number of aromatic nitrogens is 8. The second kappa shape index (κ2) is 37.0. The first kappa shape index (κ1) is 93.8. The molecule has 8 aliphatic rings. The molecule has 8 aliphatic carbocycles. The van der Waals surface area contributed by atoms with Gasteiger partial charge in [0, 0.05) is 143 Å². The minimum atomic E-state index is 1.05. The Morgan fingerprint density at radius 3 is 1.04 bits per heavy atom. The van der Waals surface area contributed by atoms with Crippen molar-refractivity contribution in [1.82, 2.24) is 39.9 Å². The standard InChI is InChI=1S/7C16H17N.C15H15N/c1-9-5-10(2)15-13(6-9)7-14-12(4)11(3)8-17-16(14)15;1-9-5-6-13-7-14-11(3)10(2)8-17-16(14)15(13)12(9)4;1-9-5-6-10(2)15-13(9)7-14-12(4)11(3)8-17-16(14)15;1-9-5-6-14-13(7-9)8-15-11(3)10(2)12(4)17-16(14)15;1-9-5-6-13-8-14-11(3)10(2)12(4)17-16(14)15(13)7-9;1-9-6-5-7-13-14(9)8-15-11(3)10(2)12(4)17-16(13)15;1-9-6-5-7-13-8-14-11(3)10(2)12(4)17-16(14)15(9)13;1-9-5-4-6-12-13(9)7-14-11(3)10(2)8-16-15(12)14/h3*5-6,8H,7H2,1-4H3;4*5-7H,8H2,1-4H3;4-6,8H,7H2,1-3H3. The molecule has 0 aliphatic heterocycles. The highest BCUT2D eigenvalue weighted by Crippen LogP contribution is 2.49. The second-order valence-corrected chi connectivity index (χ2v) is 40.4. The van der Waals surface area contributed by atoms with E-state index in [2.05, 4.69) is 362 Å². The van der Waals surface area contributed by atoms with Crippen molar-refractivity contribution in [2.24, 2.45) is 0 Å². The maximum atomic E-state index is 4.82. The van der Waals surface area contributed by atoms with Gasteiger partial charge in [0.25, 0.3) is 0 Å². The Morgan fingerprint density at radius 1 is 0.163 bits per heavy atom. The van der Waals surface area contributed by atoms with E-state index < -0.39 is 0 Å². The lowest BCUT2D eigenvalue weighted by atomic mass is 9.99. The number of nitrogens with zero attached hydrogens (tertiary/aromatic N) is 8. The Labute approximate surface area is 804 Å². The molecule has 0 radical (unpaired) electrons. The van der Waals surface area contributed by atoms with Gasteiger partial charge in [0.2, 0.25) is 0 Å². The minimum absolute atomic E-state index is 1.05. The van der Waals surface area contributed by atoms with Crippen molar-refractivity contribution in [2.75, 3.05) is 0 Å². The number of pyridine rings is 8. The lowest BCUT2D eigenvalue weighted by Gasteiger charge is -2.10.